The molecule has 0 saturated carbocycles. The third-order valence-electron chi connectivity index (χ3n) is 4.64. The summed E-state index contributed by atoms with van der Waals surface area (Å²) in [5, 5.41) is 1.25. The molecule has 1 aliphatic rings. The van der Waals surface area contributed by atoms with Gasteiger partial charge in [0.2, 0.25) is 0 Å². The summed E-state index contributed by atoms with van der Waals surface area (Å²) >= 11 is 3.64. The third-order valence-corrected chi connectivity index (χ3v) is 5.33. The highest BCUT2D eigenvalue weighted by Gasteiger charge is 2.28. The van der Waals surface area contributed by atoms with Gasteiger partial charge in [-0.1, -0.05) is 22.0 Å². The number of halogens is 1. The number of hydrogen-bond donors (Lipinski definition) is 0. The van der Waals surface area contributed by atoms with Crippen LogP contribution in [0.1, 0.15) is 45.2 Å². The van der Waals surface area contributed by atoms with Crippen molar-refractivity contribution in [1.82, 2.24) is 9.47 Å². The first-order valence-corrected chi connectivity index (χ1v) is 9.27. The fraction of sp³-hybridized carbons (Fsp3) is 0.526. The first-order valence-electron chi connectivity index (χ1n) is 8.48. The Morgan fingerprint density at radius 1 is 1.25 bits per heavy atom. The van der Waals surface area contributed by atoms with Gasteiger partial charge in [-0.25, -0.2) is 4.79 Å². The number of benzene rings is 1. The predicted molar refractivity (Wildman–Crippen MR) is 100 cm³/mol. The number of aromatic nitrogens is 1. The standard InChI is InChI=1S/C19H25BrN2O2/c1-19(2,3)24-18(23)22-10-8-13(9-11-22)17-12-14-15(20)6-5-7-16(14)21(17)4/h5-7,12-13H,8-11H2,1-4H3. The fourth-order valence-electron chi connectivity index (χ4n) is 3.42. The van der Waals surface area contributed by atoms with Gasteiger partial charge in [0.05, 0.1) is 0 Å². The normalized spacial score (nSPS) is 16.6. The Bertz CT molecular complexity index is 753. The summed E-state index contributed by atoms with van der Waals surface area (Å²) in [7, 11) is 2.13. The quantitative estimate of drug-likeness (QED) is 0.679. The Balaban J connectivity index is 1.72. The number of amides is 1. The van der Waals surface area contributed by atoms with Crippen molar-refractivity contribution in [3.05, 3.63) is 34.4 Å². The largest absolute Gasteiger partial charge is 0.444 e. The van der Waals surface area contributed by atoms with Crippen molar-refractivity contribution in [2.45, 2.75) is 45.1 Å². The van der Waals surface area contributed by atoms with E-state index in [9.17, 15) is 4.79 Å². The Morgan fingerprint density at radius 2 is 1.92 bits per heavy atom. The molecule has 0 unspecified atom stereocenters. The molecule has 3 rings (SSSR count). The van der Waals surface area contributed by atoms with Crippen LogP contribution in [0.2, 0.25) is 0 Å². The van der Waals surface area contributed by atoms with Crippen LogP contribution in [0.15, 0.2) is 28.7 Å². The average molecular weight is 393 g/mol. The minimum Gasteiger partial charge on any atom is -0.444 e. The molecule has 1 saturated heterocycles. The molecule has 130 valence electrons. The molecule has 0 N–H and O–H groups in total. The molecule has 2 aromatic rings. The number of carbonyl (C=O) groups excluding carboxylic acids is 1. The molecule has 0 atom stereocenters. The van der Waals surface area contributed by atoms with Crippen LogP contribution in [0.4, 0.5) is 4.79 Å². The van der Waals surface area contributed by atoms with E-state index < -0.39 is 5.60 Å². The van der Waals surface area contributed by atoms with Crippen molar-refractivity contribution in [1.29, 1.82) is 0 Å². The molecule has 0 spiro atoms. The van der Waals surface area contributed by atoms with E-state index in [1.807, 2.05) is 25.7 Å². The van der Waals surface area contributed by atoms with Crippen molar-refractivity contribution in [3.8, 4) is 0 Å². The van der Waals surface area contributed by atoms with Crippen LogP contribution < -0.4 is 0 Å². The zero-order chi connectivity index (χ0) is 17.5. The van der Waals surface area contributed by atoms with E-state index in [0.717, 1.165) is 30.4 Å². The Morgan fingerprint density at radius 3 is 2.50 bits per heavy atom. The van der Waals surface area contributed by atoms with Crippen LogP contribution in [-0.4, -0.2) is 34.3 Å². The van der Waals surface area contributed by atoms with Crippen LogP contribution in [-0.2, 0) is 11.8 Å². The van der Waals surface area contributed by atoms with E-state index in [1.165, 1.54) is 16.6 Å². The van der Waals surface area contributed by atoms with Gasteiger partial charge in [0.15, 0.2) is 0 Å². The first-order chi connectivity index (χ1) is 11.3. The minimum absolute atomic E-state index is 0.194. The maximum absolute atomic E-state index is 12.2. The van der Waals surface area contributed by atoms with E-state index in [2.05, 4.69) is 51.8 Å². The molecule has 5 heteroatoms. The lowest BCUT2D eigenvalue weighted by Gasteiger charge is -2.33. The monoisotopic (exact) mass is 392 g/mol. The molecule has 1 aliphatic heterocycles. The summed E-state index contributed by atoms with van der Waals surface area (Å²) < 4.78 is 8.90. The van der Waals surface area contributed by atoms with E-state index >= 15 is 0 Å². The maximum Gasteiger partial charge on any atom is 0.410 e. The molecule has 4 nitrogen and oxygen atoms in total. The van der Waals surface area contributed by atoms with E-state index in [4.69, 9.17) is 4.74 Å². The lowest BCUT2D eigenvalue weighted by molar-refractivity contribution is 0.0203. The van der Waals surface area contributed by atoms with Crippen molar-refractivity contribution in [3.63, 3.8) is 0 Å². The van der Waals surface area contributed by atoms with Crippen molar-refractivity contribution < 1.29 is 9.53 Å². The zero-order valence-corrected chi connectivity index (χ0v) is 16.4. The minimum atomic E-state index is -0.434. The Hall–Kier alpha value is -1.49. The van der Waals surface area contributed by atoms with Crippen LogP contribution in [0.5, 0.6) is 0 Å². The van der Waals surface area contributed by atoms with Gasteiger partial charge in [-0.05, 0) is 51.8 Å². The molecule has 0 aliphatic carbocycles. The summed E-state index contributed by atoms with van der Waals surface area (Å²) in [6.45, 7) is 7.23. The van der Waals surface area contributed by atoms with E-state index in [-0.39, 0.29) is 6.09 Å². The van der Waals surface area contributed by atoms with Gasteiger partial charge in [-0.3, -0.25) is 0 Å². The van der Waals surface area contributed by atoms with Crippen LogP contribution in [0.3, 0.4) is 0 Å². The number of carbonyl (C=O) groups is 1. The Kier molecular flexibility index (Phi) is 4.65. The number of fused-ring (bicyclic) bond motifs is 1. The zero-order valence-electron chi connectivity index (χ0n) is 14.8. The van der Waals surface area contributed by atoms with Crippen molar-refractivity contribution in [2.75, 3.05) is 13.1 Å². The molecule has 1 fully saturated rings. The molecule has 0 bridgehead atoms. The number of nitrogens with zero attached hydrogens (tertiary/aromatic N) is 2. The summed E-state index contributed by atoms with van der Waals surface area (Å²) in [5.74, 6) is 0.480. The fourth-order valence-corrected chi connectivity index (χ4v) is 3.89. The third kappa shape index (κ3) is 3.46. The molecule has 1 aromatic carbocycles. The van der Waals surface area contributed by atoms with Gasteiger partial charge in [-0.15, -0.1) is 0 Å². The second kappa shape index (κ2) is 6.43. The maximum atomic E-state index is 12.2. The lowest BCUT2D eigenvalue weighted by Crippen LogP contribution is -2.41. The molecule has 24 heavy (non-hydrogen) atoms. The van der Waals surface area contributed by atoms with Crippen LogP contribution >= 0.6 is 15.9 Å². The predicted octanol–water partition coefficient (Wildman–Crippen LogP) is 5.06. The second-order valence-corrected chi connectivity index (χ2v) is 8.40. The van der Waals surface area contributed by atoms with E-state index in [1.54, 1.807) is 0 Å². The van der Waals surface area contributed by atoms with Crippen LogP contribution in [0, 0.1) is 0 Å². The van der Waals surface area contributed by atoms with Gasteiger partial charge in [0, 0.05) is 47.1 Å². The second-order valence-electron chi connectivity index (χ2n) is 7.54. The summed E-state index contributed by atoms with van der Waals surface area (Å²) in [6, 6.07) is 8.59. The first kappa shape index (κ1) is 17.3. The van der Waals surface area contributed by atoms with Gasteiger partial charge in [-0.2, -0.15) is 0 Å². The molecular weight excluding hydrogens is 368 g/mol. The van der Waals surface area contributed by atoms with Gasteiger partial charge >= 0.3 is 6.09 Å². The highest BCUT2D eigenvalue weighted by atomic mass is 79.9. The highest BCUT2D eigenvalue weighted by Crippen LogP contribution is 2.34. The van der Waals surface area contributed by atoms with Crippen LogP contribution in [0.25, 0.3) is 10.9 Å². The molecule has 2 heterocycles. The Labute approximate surface area is 151 Å². The summed E-state index contributed by atoms with van der Waals surface area (Å²) in [4.78, 5) is 14.0. The number of piperidine rings is 1. The average Bonchev–Trinajstić information content (AvgIpc) is 2.85. The van der Waals surface area contributed by atoms with E-state index in [0.29, 0.717) is 5.92 Å². The molecular formula is C19H25BrN2O2. The van der Waals surface area contributed by atoms with Gasteiger partial charge in [0.25, 0.3) is 0 Å². The highest BCUT2D eigenvalue weighted by molar-refractivity contribution is 9.10. The molecule has 1 amide bonds. The number of hydrogen-bond acceptors (Lipinski definition) is 2. The number of rotatable bonds is 1. The smallest absolute Gasteiger partial charge is 0.410 e. The van der Waals surface area contributed by atoms with Crippen molar-refractivity contribution >= 4 is 32.9 Å². The molecule has 1 aromatic heterocycles. The molecule has 0 radical (unpaired) electrons. The van der Waals surface area contributed by atoms with Gasteiger partial charge < -0.3 is 14.2 Å². The topological polar surface area (TPSA) is 34.5 Å². The number of ether oxygens (including phenoxy) is 1. The lowest BCUT2D eigenvalue weighted by atomic mass is 9.93. The summed E-state index contributed by atoms with van der Waals surface area (Å²) in [6.07, 6.45) is 1.75. The number of aryl methyl sites for hydroxylation is 1. The van der Waals surface area contributed by atoms with Gasteiger partial charge in [0.1, 0.15) is 5.60 Å². The summed E-state index contributed by atoms with van der Waals surface area (Å²) in [5.41, 5.74) is 2.16. The number of likely N-dealkylation sites (tertiary alicyclic amines) is 1. The SMILES string of the molecule is Cn1c(C2CCN(C(=O)OC(C)(C)C)CC2)cc2c(Br)cccc21. The van der Waals surface area contributed by atoms with Crippen molar-refractivity contribution in [2.24, 2.45) is 7.05 Å².